The summed E-state index contributed by atoms with van der Waals surface area (Å²) in [4.78, 5) is 32.2. The van der Waals surface area contributed by atoms with Crippen molar-refractivity contribution >= 4 is 16.8 Å². The highest BCUT2D eigenvalue weighted by Gasteiger charge is 2.29. The number of aromatic nitrogens is 1. The average molecular weight is 369 g/mol. The number of benzene rings is 1. The van der Waals surface area contributed by atoms with E-state index in [2.05, 4.69) is 9.88 Å². The summed E-state index contributed by atoms with van der Waals surface area (Å²) >= 11 is 0. The van der Waals surface area contributed by atoms with Crippen LogP contribution in [0.4, 0.5) is 0 Å². The highest BCUT2D eigenvalue weighted by atomic mass is 16.5. The van der Waals surface area contributed by atoms with Gasteiger partial charge in [-0.15, -0.1) is 0 Å². The van der Waals surface area contributed by atoms with Gasteiger partial charge in [0.15, 0.2) is 0 Å². The Kier molecular flexibility index (Phi) is 5.16. The molecular weight excluding hydrogens is 342 g/mol. The smallest absolute Gasteiger partial charge is 0.252 e. The second kappa shape index (κ2) is 7.72. The number of fused-ring (bicyclic) bond motifs is 1. The van der Waals surface area contributed by atoms with Gasteiger partial charge in [-0.25, -0.2) is 0 Å². The summed E-state index contributed by atoms with van der Waals surface area (Å²) in [6, 6.07) is 7.60. The van der Waals surface area contributed by atoms with E-state index >= 15 is 0 Å². The lowest BCUT2D eigenvalue weighted by Crippen LogP contribution is -2.50. The van der Waals surface area contributed by atoms with Crippen molar-refractivity contribution in [3.8, 4) is 5.75 Å². The number of nitrogens with zero attached hydrogens (tertiary/aromatic N) is 2. The lowest BCUT2D eigenvalue weighted by atomic mass is 10.1. The van der Waals surface area contributed by atoms with Crippen molar-refractivity contribution in [1.82, 2.24) is 14.8 Å². The number of aromatic amines is 1. The van der Waals surface area contributed by atoms with E-state index in [4.69, 9.17) is 4.74 Å². The quantitative estimate of drug-likeness (QED) is 0.899. The molecule has 1 saturated carbocycles. The molecule has 0 atom stereocenters. The summed E-state index contributed by atoms with van der Waals surface area (Å²) in [5.74, 6) is 1.36. The molecule has 1 amide bonds. The Labute approximate surface area is 159 Å². The minimum absolute atomic E-state index is 0.0443. The maximum Gasteiger partial charge on any atom is 0.252 e. The van der Waals surface area contributed by atoms with Crippen LogP contribution in [0.15, 0.2) is 29.1 Å². The van der Waals surface area contributed by atoms with Crippen LogP contribution in [0, 0.1) is 5.92 Å². The van der Waals surface area contributed by atoms with Crippen LogP contribution in [-0.2, 0) is 11.3 Å². The third kappa shape index (κ3) is 3.86. The fraction of sp³-hybridized carbons (Fsp3) is 0.524. The largest absolute Gasteiger partial charge is 0.497 e. The molecule has 0 radical (unpaired) electrons. The summed E-state index contributed by atoms with van der Waals surface area (Å²) in [6.07, 6.45) is 4.47. The van der Waals surface area contributed by atoms with Crippen molar-refractivity contribution in [1.29, 1.82) is 0 Å². The molecular formula is C21H27N3O3. The third-order valence-electron chi connectivity index (χ3n) is 5.91. The molecule has 6 nitrogen and oxygen atoms in total. The number of piperazine rings is 1. The number of methoxy groups -OCH3 is 1. The van der Waals surface area contributed by atoms with Crippen LogP contribution in [0.5, 0.6) is 5.75 Å². The van der Waals surface area contributed by atoms with Crippen molar-refractivity contribution in [2.24, 2.45) is 5.92 Å². The molecule has 1 aliphatic heterocycles. The van der Waals surface area contributed by atoms with Crippen LogP contribution >= 0.6 is 0 Å². The number of nitrogens with one attached hydrogen (secondary N) is 1. The van der Waals surface area contributed by atoms with Gasteiger partial charge in [-0.05, 0) is 37.1 Å². The number of amides is 1. The van der Waals surface area contributed by atoms with E-state index in [1.807, 2.05) is 29.2 Å². The Balaban J connectivity index is 1.41. The maximum atomic E-state index is 12.6. The Morgan fingerprint density at radius 1 is 1.15 bits per heavy atom. The van der Waals surface area contributed by atoms with Crippen LogP contribution in [0.1, 0.15) is 31.2 Å². The first kappa shape index (κ1) is 18.0. The van der Waals surface area contributed by atoms with E-state index in [-0.39, 0.29) is 11.5 Å². The summed E-state index contributed by atoms with van der Waals surface area (Å²) in [5, 5.41) is 0.971. The lowest BCUT2D eigenvalue weighted by molar-refractivity contribution is -0.137. The van der Waals surface area contributed by atoms with Gasteiger partial charge in [-0.2, -0.15) is 0 Å². The van der Waals surface area contributed by atoms with E-state index in [1.54, 1.807) is 7.11 Å². The fourth-order valence-corrected chi connectivity index (χ4v) is 4.27. The third-order valence-corrected chi connectivity index (χ3v) is 5.91. The first-order valence-corrected chi connectivity index (χ1v) is 9.85. The Morgan fingerprint density at radius 2 is 1.89 bits per heavy atom. The molecule has 2 fully saturated rings. The molecule has 2 aliphatic rings. The average Bonchev–Trinajstić information content (AvgIpc) is 3.23. The zero-order valence-electron chi connectivity index (χ0n) is 15.9. The molecule has 1 aliphatic carbocycles. The molecule has 0 spiro atoms. The zero-order valence-corrected chi connectivity index (χ0v) is 15.9. The van der Waals surface area contributed by atoms with E-state index in [0.717, 1.165) is 61.2 Å². The van der Waals surface area contributed by atoms with Crippen molar-refractivity contribution in [2.45, 2.75) is 32.2 Å². The van der Waals surface area contributed by atoms with Gasteiger partial charge >= 0.3 is 0 Å². The van der Waals surface area contributed by atoms with Gasteiger partial charge in [-0.1, -0.05) is 12.8 Å². The molecule has 0 bridgehead atoms. The second-order valence-corrected chi connectivity index (χ2v) is 7.66. The predicted octanol–water partition coefficient (Wildman–Crippen LogP) is 2.37. The normalized spacial score (nSPS) is 18.9. The van der Waals surface area contributed by atoms with Crippen molar-refractivity contribution < 1.29 is 9.53 Å². The van der Waals surface area contributed by atoms with Crippen molar-refractivity contribution in [2.75, 3.05) is 33.3 Å². The van der Waals surface area contributed by atoms with E-state index in [0.29, 0.717) is 12.5 Å². The summed E-state index contributed by atoms with van der Waals surface area (Å²) in [6.45, 7) is 3.75. The van der Waals surface area contributed by atoms with Crippen LogP contribution in [0.3, 0.4) is 0 Å². The molecule has 2 heterocycles. The minimum Gasteiger partial charge on any atom is -0.497 e. The highest BCUT2D eigenvalue weighted by Crippen LogP contribution is 2.27. The summed E-state index contributed by atoms with van der Waals surface area (Å²) in [7, 11) is 1.64. The molecule has 1 aromatic carbocycles. The Bertz CT molecular complexity index is 878. The molecule has 27 heavy (non-hydrogen) atoms. The minimum atomic E-state index is -0.0443. The highest BCUT2D eigenvalue weighted by molar-refractivity contribution is 5.80. The first-order valence-electron chi connectivity index (χ1n) is 9.85. The summed E-state index contributed by atoms with van der Waals surface area (Å²) in [5.41, 5.74) is 1.53. The van der Waals surface area contributed by atoms with Crippen LogP contribution in [0.2, 0.25) is 0 Å². The lowest BCUT2D eigenvalue weighted by Gasteiger charge is -2.35. The van der Waals surface area contributed by atoms with Gasteiger partial charge < -0.3 is 14.6 Å². The Morgan fingerprint density at radius 3 is 2.59 bits per heavy atom. The van der Waals surface area contributed by atoms with Crippen LogP contribution in [0.25, 0.3) is 10.9 Å². The number of ether oxygens (including phenoxy) is 1. The number of hydrogen-bond donors (Lipinski definition) is 1. The SMILES string of the molecule is COc1ccc2[nH]c(=O)c(CN3CCN(C(=O)C4CCCC4)CC3)cc2c1. The van der Waals surface area contributed by atoms with Gasteiger partial charge in [-0.3, -0.25) is 14.5 Å². The Hall–Kier alpha value is -2.34. The standard InChI is InChI=1S/C21H27N3O3/c1-27-18-6-7-19-16(13-18)12-17(20(25)22-19)14-23-8-10-24(11-9-23)21(26)15-4-2-3-5-15/h6-7,12-13,15H,2-5,8-11,14H2,1H3,(H,22,25). The number of hydrogen-bond acceptors (Lipinski definition) is 4. The number of H-pyrrole nitrogens is 1. The van der Waals surface area contributed by atoms with E-state index in [1.165, 1.54) is 12.8 Å². The molecule has 144 valence electrons. The number of rotatable bonds is 4. The van der Waals surface area contributed by atoms with Crippen molar-refractivity contribution in [3.05, 3.63) is 40.2 Å². The molecule has 1 N–H and O–H groups in total. The second-order valence-electron chi connectivity index (χ2n) is 7.66. The van der Waals surface area contributed by atoms with Crippen LogP contribution in [-0.4, -0.2) is 54.0 Å². The maximum absolute atomic E-state index is 12.6. The monoisotopic (exact) mass is 369 g/mol. The van der Waals surface area contributed by atoms with Gasteiger partial charge in [0.25, 0.3) is 5.56 Å². The van der Waals surface area contributed by atoms with Gasteiger partial charge in [0, 0.05) is 55.1 Å². The predicted molar refractivity (Wildman–Crippen MR) is 105 cm³/mol. The number of carbonyl (C=O) groups excluding carboxylic acids is 1. The fourth-order valence-electron chi connectivity index (χ4n) is 4.27. The summed E-state index contributed by atoms with van der Waals surface area (Å²) < 4.78 is 5.28. The molecule has 1 saturated heterocycles. The van der Waals surface area contributed by atoms with Gasteiger partial charge in [0.2, 0.25) is 5.91 Å². The molecule has 2 aromatic rings. The van der Waals surface area contributed by atoms with E-state index in [9.17, 15) is 9.59 Å². The molecule has 0 unspecified atom stereocenters. The van der Waals surface area contributed by atoms with Crippen molar-refractivity contribution in [3.63, 3.8) is 0 Å². The zero-order chi connectivity index (χ0) is 18.8. The first-order chi connectivity index (χ1) is 13.1. The van der Waals surface area contributed by atoms with Crippen LogP contribution < -0.4 is 10.3 Å². The molecule has 1 aromatic heterocycles. The van der Waals surface area contributed by atoms with Gasteiger partial charge in [0.05, 0.1) is 7.11 Å². The number of carbonyl (C=O) groups is 1. The van der Waals surface area contributed by atoms with Gasteiger partial charge in [0.1, 0.15) is 5.75 Å². The molecule has 6 heteroatoms. The topological polar surface area (TPSA) is 65.6 Å². The van der Waals surface area contributed by atoms with E-state index < -0.39 is 0 Å². The number of pyridine rings is 1. The molecule has 4 rings (SSSR count).